The van der Waals surface area contributed by atoms with Crippen molar-refractivity contribution in [1.82, 2.24) is 14.3 Å². The van der Waals surface area contributed by atoms with Crippen molar-refractivity contribution in [3.63, 3.8) is 0 Å². The predicted octanol–water partition coefficient (Wildman–Crippen LogP) is 0.305. The lowest BCUT2D eigenvalue weighted by Crippen LogP contribution is -2.55. The van der Waals surface area contributed by atoms with Gasteiger partial charge in [0.25, 0.3) is 10.2 Å². The number of nitrogens with zero attached hydrogens (tertiary/aromatic N) is 1. The normalized spacial score (nSPS) is 19.9. The molecule has 1 fully saturated rings. The number of piperazine rings is 1. The van der Waals surface area contributed by atoms with Crippen molar-refractivity contribution in [2.75, 3.05) is 26.2 Å². The van der Waals surface area contributed by atoms with Crippen LogP contribution in [0.5, 0.6) is 0 Å². The Kier molecular flexibility index (Phi) is 4.73. The van der Waals surface area contributed by atoms with Gasteiger partial charge in [0, 0.05) is 31.7 Å². The number of rotatable bonds is 5. The molecule has 16 heavy (non-hydrogen) atoms. The fourth-order valence-corrected chi connectivity index (χ4v) is 3.36. The molecule has 5 nitrogen and oxygen atoms in total. The van der Waals surface area contributed by atoms with E-state index in [2.05, 4.69) is 10.0 Å². The molecule has 0 atom stereocenters. The summed E-state index contributed by atoms with van der Waals surface area (Å²) in [5.74, 6) is 0. The third kappa shape index (κ3) is 3.41. The van der Waals surface area contributed by atoms with E-state index in [4.69, 9.17) is 0 Å². The van der Waals surface area contributed by atoms with Crippen LogP contribution in [0.3, 0.4) is 0 Å². The van der Waals surface area contributed by atoms with E-state index in [9.17, 15) is 8.42 Å². The highest BCUT2D eigenvalue weighted by Crippen LogP contribution is 2.16. The van der Waals surface area contributed by atoms with E-state index >= 15 is 0 Å². The van der Waals surface area contributed by atoms with Crippen LogP contribution in [-0.2, 0) is 10.2 Å². The average molecular weight is 249 g/mol. The summed E-state index contributed by atoms with van der Waals surface area (Å²) in [6.07, 6.45) is 1.60. The van der Waals surface area contributed by atoms with E-state index in [1.54, 1.807) is 0 Å². The van der Waals surface area contributed by atoms with Crippen LogP contribution >= 0.6 is 0 Å². The van der Waals surface area contributed by atoms with Gasteiger partial charge in [-0.1, -0.05) is 13.8 Å². The highest BCUT2D eigenvalue weighted by Gasteiger charge is 2.31. The molecular formula is C10H23N3O2S. The first-order valence-corrected chi connectivity index (χ1v) is 7.37. The molecule has 0 aromatic carbocycles. The molecule has 6 heteroatoms. The third-order valence-corrected chi connectivity index (χ3v) is 5.15. The molecule has 1 aliphatic heterocycles. The monoisotopic (exact) mass is 249 g/mol. The number of hydrogen-bond donors (Lipinski definition) is 2. The van der Waals surface area contributed by atoms with Crippen molar-refractivity contribution < 1.29 is 8.42 Å². The highest BCUT2D eigenvalue weighted by atomic mass is 32.2. The molecule has 0 aliphatic carbocycles. The largest absolute Gasteiger partial charge is 0.314 e. The van der Waals surface area contributed by atoms with Gasteiger partial charge in [-0.25, -0.2) is 0 Å². The Hall–Kier alpha value is -0.170. The summed E-state index contributed by atoms with van der Waals surface area (Å²) < 4.78 is 28.5. The van der Waals surface area contributed by atoms with Crippen molar-refractivity contribution in [3.05, 3.63) is 0 Å². The Labute approximate surface area is 98.8 Å². The first-order valence-electron chi connectivity index (χ1n) is 5.93. The second kappa shape index (κ2) is 5.44. The molecule has 0 saturated carbocycles. The summed E-state index contributed by atoms with van der Waals surface area (Å²) in [6, 6.07) is 0. The lowest BCUT2D eigenvalue weighted by molar-refractivity contribution is 0.327. The van der Waals surface area contributed by atoms with Crippen LogP contribution in [0.25, 0.3) is 0 Å². The lowest BCUT2D eigenvalue weighted by atomic mass is 9.98. The van der Waals surface area contributed by atoms with Crippen molar-refractivity contribution in [2.24, 2.45) is 0 Å². The summed E-state index contributed by atoms with van der Waals surface area (Å²) in [6.45, 7) is 8.53. The Morgan fingerprint density at radius 3 is 2.19 bits per heavy atom. The molecule has 0 amide bonds. The maximum atomic E-state index is 12.1. The lowest BCUT2D eigenvalue weighted by Gasteiger charge is -2.33. The molecule has 0 radical (unpaired) electrons. The van der Waals surface area contributed by atoms with E-state index in [1.165, 1.54) is 4.31 Å². The minimum Gasteiger partial charge on any atom is -0.314 e. The standard InChI is InChI=1S/C10H23N3O2S/c1-4-10(3,5-2)12-16(14,15)13-8-6-11-7-9-13/h11-12H,4-9H2,1-3H3. The molecule has 0 unspecified atom stereocenters. The second-order valence-electron chi connectivity index (χ2n) is 4.52. The smallest absolute Gasteiger partial charge is 0.280 e. The molecule has 1 saturated heterocycles. The van der Waals surface area contributed by atoms with Crippen LogP contribution in [0.15, 0.2) is 0 Å². The molecule has 1 aliphatic rings. The number of nitrogens with one attached hydrogen (secondary N) is 2. The second-order valence-corrected chi connectivity index (χ2v) is 6.19. The van der Waals surface area contributed by atoms with E-state index in [0.29, 0.717) is 13.1 Å². The van der Waals surface area contributed by atoms with Crippen molar-refractivity contribution in [3.8, 4) is 0 Å². The summed E-state index contributed by atoms with van der Waals surface area (Å²) in [5, 5.41) is 3.14. The molecule has 0 spiro atoms. The van der Waals surface area contributed by atoms with Gasteiger partial charge in [-0.2, -0.15) is 17.4 Å². The van der Waals surface area contributed by atoms with Gasteiger partial charge in [0.05, 0.1) is 0 Å². The van der Waals surface area contributed by atoms with Gasteiger partial charge in [0.2, 0.25) is 0 Å². The Morgan fingerprint density at radius 1 is 1.25 bits per heavy atom. The molecule has 0 aromatic rings. The molecule has 96 valence electrons. The zero-order valence-corrected chi connectivity index (χ0v) is 11.2. The quantitative estimate of drug-likeness (QED) is 0.737. The zero-order valence-electron chi connectivity index (χ0n) is 10.4. The summed E-state index contributed by atoms with van der Waals surface area (Å²) in [7, 11) is -3.32. The van der Waals surface area contributed by atoms with Crippen molar-refractivity contribution in [1.29, 1.82) is 0 Å². The Bertz CT molecular complexity index is 306. The minimum atomic E-state index is -3.32. The fourth-order valence-electron chi connectivity index (χ4n) is 1.65. The van der Waals surface area contributed by atoms with E-state index in [1.807, 2.05) is 20.8 Å². The maximum Gasteiger partial charge on any atom is 0.280 e. The Morgan fingerprint density at radius 2 is 1.75 bits per heavy atom. The third-order valence-electron chi connectivity index (χ3n) is 3.35. The van der Waals surface area contributed by atoms with E-state index in [0.717, 1.165) is 25.9 Å². The van der Waals surface area contributed by atoms with Crippen molar-refractivity contribution >= 4 is 10.2 Å². The van der Waals surface area contributed by atoms with E-state index < -0.39 is 10.2 Å². The molecule has 2 N–H and O–H groups in total. The minimum absolute atomic E-state index is 0.330. The van der Waals surface area contributed by atoms with Gasteiger partial charge < -0.3 is 5.32 Å². The van der Waals surface area contributed by atoms with Gasteiger partial charge in [0.1, 0.15) is 0 Å². The number of hydrogen-bond acceptors (Lipinski definition) is 3. The topological polar surface area (TPSA) is 61.4 Å². The van der Waals surface area contributed by atoms with Gasteiger partial charge in [-0.15, -0.1) is 0 Å². The SMILES string of the molecule is CCC(C)(CC)NS(=O)(=O)N1CCNCC1. The molecule has 1 heterocycles. The fraction of sp³-hybridized carbons (Fsp3) is 1.00. The average Bonchev–Trinajstić information content (AvgIpc) is 2.29. The Balaban J connectivity index is 2.70. The van der Waals surface area contributed by atoms with Crippen LogP contribution in [0.4, 0.5) is 0 Å². The van der Waals surface area contributed by atoms with Crippen LogP contribution in [-0.4, -0.2) is 44.4 Å². The van der Waals surface area contributed by atoms with Gasteiger partial charge in [0.15, 0.2) is 0 Å². The summed E-state index contributed by atoms with van der Waals surface area (Å²) >= 11 is 0. The summed E-state index contributed by atoms with van der Waals surface area (Å²) in [5.41, 5.74) is -0.330. The van der Waals surface area contributed by atoms with Gasteiger partial charge in [-0.3, -0.25) is 0 Å². The highest BCUT2D eigenvalue weighted by molar-refractivity contribution is 7.87. The van der Waals surface area contributed by atoms with Crippen molar-refractivity contribution in [2.45, 2.75) is 39.2 Å². The summed E-state index contributed by atoms with van der Waals surface area (Å²) in [4.78, 5) is 0. The van der Waals surface area contributed by atoms with Crippen LogP contribution in [0.1, 0.15) is 33.6 Å². The zero-order chi connectivity index (χ0) is 12.2. The molecule has 1 rings (SSSR count). The molecule has 0 aromatic heterocycles. The van der Waals surface area contributed by atoms with Gasteiger partial charge in [-0.05, 0) is 19.8 Å². The first kappa shape index (κ1) is 13.9. The molecule has 0 bridgehead atoms. The first-order chi connectivity index (χ1) is 7.43. The maximum absolute atomic E-state index is 12.1. The van der Waals surface area contributed by atoms with Gasteiger partial charge >= 0.3 is 0 Å². The van der Waals surface area contributed by atoms with Crippen LogP contribution in [0.2, 0.25) is 0 Å². The molecular weight excluding hydrogens is 226 g/mol. The van der Waals surface area contributed by atoms with Crippen LogP contribution < -0.4 is 10.0 Å². The van der Waals surface area contributed by atoms with Crippen LogP contribution in [0, 0.1) is 0 Å². The predicted molar refractivity (Wildman–Crippen MR) is 65.5 cm³/mol. The van der Waals surface area contributed by atoms with E-state index in [-0.39, 0.29) is 5.54 Å².